The number of carbonyl (C=O) groups is 1. The van der Waals surface area contributed by atoms with Crippen molar-refractivity contribution in [1.82, 2.24) is 0 Å². The molecule has 0 radical (unpaired) electrons. The van der Waals surface area contributed by atoms with Crippen LogP contribution in [0.5, 0.6) is 5.75 Å². The van der Waals surface area contributed by atoms with E-state index < -0.39 is 0 Å². The zero-order valence-electron chi connectivity index (χ0n) is 20.3. The van der Waals surface area contributed by atoms with Crippen LogP contribution >= 0.6 is 0 Å². The van der Waals surface area contributed by atoms with Gasteiger partial charge < -0.3 is 10.0 Å². The minimum absolute atomic E-state index is 0.0185. The second-order valence-electron chi connectivity index (χ2n) is 8.98. The molecule has 3 heteroatoms. The molecule has 0 saturated heterocycles. The van der Waals surface area contributed by atoms with Gasteiger partial charge in [-0.25, -0.2) is 0 Å². The fourth-order valence-electron chi connectivity index (χ4n) is 4.29. The summed E-state index contributed by atoms with van der Waals surface area (Å²) in [4.78, 5) is 15.0. The van der Waals surface area contributed by atoms with Gasteiger partial charge in [-0.05, 0) is 73.3 Å². The molecule has 0 amide bonds. The number of aromatic hydroxyl groups is 1. The van der Waals surface area contributed by atoms with Gasteiger partial charge in [0.2, 0.25) is 0 Å². The molecule has 0 fully saturated rings. The summed E-state index contributed by atoms with van der Waals surface area (Å²) in [5.74, 6) is -0.215. The summed E-state index contributed by atoms with van der Waals surface area (Å²) in [7, 11) is 0. The summed E-state index contributed by atoms with van der Waals surface area (Å²) in [5.41, 5.74) is 6.81. The highest BCUT2D eigenvalue weighted by atomic mass is 16.3. The van der Waals surface area contributed by atoms with Crippen molar-refractivity contribution in [1.29, 1.82) is 0 Å². The second-order valence-corrected chi connectivity index (χ2v) is 8.98. The monoisotopic (exact) mass is 469 g/mol. The van der Waals surface area contributed by atoms with Gasteiger partial charge >= 0.3 is 0 Å². The van der Waals surface area contributed by atoms with Crippen molar-refractivity contribution < 1.29 is 9.90 Å². The standard InChI is InChI=1S/C33H27NO2/c1-23-7-15-27(16-8-23)34(28-17-9-24(2)10-18-28)29-19-11-25(12-20-29)13-22-32(35)31-21-14-26-5-3-4-6-30(26)33(31)36/h3-22,36H,1-2H3. The number of hydrogen-bond acceptors (Lipinski definition) is 3. The van der Waals surface area contributed by atoms with E-state index in [4.69, 9.17) is 0 Å². The largest absolute Gasteiger partial charge is 0.507 e. The Bertz CT molecular complexity index is 1500. The number of allylic oxidation sites excluding steroid dienone is 1. The zero-order valence-corrected chi connectivity index (χ0v) is 20.3. The third kappa shape index (κ3) is 4.77. The molecule has 3 nitrogen and oxygen atoms in total. The van der Waals surface area contributed by atoms with Crippen LogP contribution in [-0.2, 0) is 0 Å². The van der Waals surface area contributed by atoms with Crippen molar-refractivity contribution in [2.45, 2.75) is 13.8 Å². The van der Waals surface area contributed by atoms with Gasteiger partial charge in [0, 0.05) is 22.4 Å². The number of nitrogens with zero attached hydrogens (tertiary/aromatic N) is 1. The second kappa shape index (κ2) is 9.93. The van der Waals surface area contributed by atoms with Gasteiger partial charge in [-0.15, -0.1) is 0 Å². The third-order valence-corrected chi connectivity index (χ3v) is 6.33. The highest BCUT2D eigenvalue weighted by Crippen LogP contribution is 2.35. The minimum atomic E-state index is -0.233. The van der Waals surface area contributed by atoms with E-state index >= 15 is 0 Å². The van der Waals surface area contributed by atoms with E-state index in [-0.39, 0.29) is 11.5 Å². The number of rotatable bonds is 6. The lowest BCUT2D eigenvalue weighted by Gasteiger charge is -2.25. The van der Waals surface area contributed by atoms with Crippen LogP contribution in [0.3, 0.4) is 0 Å². The predicted octanol–water partition coefficient (Wildman–Crippen LogP) is 8.53. The molecule has 0 bridgehead atoms. The maximum atomic E-state index is 12.8. The molecule has 0 saturated carbocycles. The highest BCUT2D eigenvalue weighted by molar-refractivity contribution is 6.11. The molecule has 0 heterocycles. The first-order chi connectivity index (χ1) is 17.5. The maximum Gasteiger partial charge on any atom is 0.189 e. The maximum absolute atomic E-state index is 12.8. The van der Waals surface area contributed by atoms with Gasteiger partial charge in [-0.3, -0.25) is 4.79 Å². The molecular weight excluding hydrogens is 442 g/mol. The Hall–Kier alpha value is -4.63. The molecule has 0 spiro atoms. The molecule has 5 aromatic rings. The topological polar surface area (TPSA) is 40.5 Å². The molecule has 0 atom stereocenters. The van der Waals surface area contributed by atoms with E-state index in [2.05, 4.69) is 79.4 Å². The lowest BCUT2D eigenvalue weighted by molar-refractivity contribution is 0.104. The van der Waals surface area contributed by atoms with Crippen LogP contribution in [0.2, 0.25) is 0 Å². The van der Waals surface area contributed by atoms with E-state index in [1.807, 2.05) is 42.5 Å². The predicted molar refractivity (Wildman–Crippen MR) is 150 cm³/mol. The Balaban J connectivity index is 1.41. The normalized spacial score (nSPS) is 11.2. The van der Waals surface area contributed by atoms with Crippen LogP contribution in [0.4, 0.5) is 17.1 Å². The van der Waals surface area contributed by atoms with Crippen molar-refractivity contribution in [2.75, 3.05) is 4.90 Å². The fraction of sp³-hybridized carbons (Fsp3) is 0.0606. The number of carbonyl (C=O) groups excluding carboxylic acids is 1. The van der Waals surface area contributed by atoms with Crippen molar-refractivity contribution in [3.05, 3.63) is 138 Å². The van der Waals surface area contributed by atoms with Gasteiger partial charge in [0.15, 0.2) is 5.78 Å². The molecule has 5 aromatic carbocycles. The average Bonchev–Trinajstić information content (AvgIpc) is 2.91. The van der Waals surface area contributed by atoms with Crippen molar-refractivity contribution >= 4 is 39.7 Å². The summed E-state index contributed by atoms with van der Waals surface area (Å²) in [6.45, 7) is 4.17. The lowest BCUT2D eigenvalue weighted by Crippen LogP contribution is -2.09. The Kier molecular flexibility index (Phi) is 6.38. The summed E-state index contributed by atoms with van der Waals surface area (Å²) in [5, 5.41) is 12.2. The molecule has 5 rings (SSSR count). The number of ketones is 1. The molecule has 0 aliphatic carbocycles. The van der Waals surface area contributed by atoms with Crippen molar-refractivity contribution in [3.63, 3.8) is 0 Å². The Morgan fingerprint density at radius 3 is 1.78 bits per heavy atom. The van der Waals surface area contributed by atoms with Gasteiger partial charge in [0.25, 0.3) is 0 Å². The first-order valence-corrected chi connectivity index (χ1v) is 12.0. The van der Waals surface area contributed by atoms with E-state index in [0.29, 0.717) is 10.9 Å². The summed E-state index contributed by atoms with van der Waals surface area (Å²) < 4.78 is 0. The van der Waals surface area contributed by atoms with Gasteiger partial charge in [-0.2, -0.15) is 0 Å². The Morgan fingerprint density at radius 2 is 1.19 bits per heavy atom. The van der Waals surface area contributed by atoms with Crippen LogP contribution in [0, 0.1) is 13.8 Å². The average molecular weight is 470 g/mol. The number of phenolic OH excluding ortho intramolecular Hbond substituents is 1. The first kappa shape index (κ1) is 23.1. The molecule has 36 heavy (non-hydrogen) atoms. The van der Waals surface area contributed by atoms with Crippen molar-refractivity contribution in [3.8, 4) is 5.75 Å². The smallest absolute Gasteiger partial charge is 0.189 e. The van der Waals surface area contributed by atoms with Crippen LogP contribution in [-0.4, -0.2) is 10.9 Å². The number of aryl methyl sites for hydroxylation is 2. The van der Waals surface area contributed by atoms with E-state index in [1.165, 1.54) is 17.2 Å². The molecule has 0 aliphatic rings. The quantitative estimate of drug-likeness (QED) is 0.200. The summed E-state index contributed by atoms with van der Waals surface area (Å²) >= 11 is 0. The SMILES string of the molecule is Cc1ccc(N(c2ccc(C)cc2)c2ccc(C=CC(=O)c3ccc4ccccc4c3O)cc2)cc1. The molecule has 1 N–H and O–H groups in total. The molecule has 0 aliphatic heterocycles. The van der Waals surface area contributed by atoms with Crippen LogP contribution in [0.15, 0.2) is 115 Å². The molecule has 0 unspecified atom stereocenters. The summed E-state index contributed by atoms with van der Waals surface area (Å²) in [6, 6.07) is 36.1. The Morgan fingerprint density at radius 1 is 0.667 bits per heavy atom. The van der Waals surface area contributed by atoms with E-state index in [1.54, 1.807) is 12.1 Å². The first-order valence-electron chi connectivity index (χ1n) is 12.0. The van der Waals surface area contributed by atoms with Crippen LogP contribution in [0.1, 0.15) is 27.0 Å². The number of fused-ring (bicyclic) bond motifs is 1. The van der Waals surface area contributed by atoms with E-state index in [0.717, 1.165) is 28.0 Å². The highest BCUT2D eigenvalue weighted by Gasteiger charge is 2.13. The fourth-order valence-corrected chi connectivity index (χ4v) is 4.29. The van der Waals surface area contributed by atoms with Gasteiger partial charge in [0.05, 0.1) is 5.56 Å². The Labute approximate surface area is 211 Å². The molecule has 176 valence electrons. The van der Waals surface area contributed by atoms with Gasteiger partial charge in [0.1, 0.15) is 5.75 Å². The molecular formula is C33H27NO2. The van der Waals surface area contributed by atoms with Crippen molar-refractivity contribution in [2.24, 2.45) is 0 Å². The lowest BCUT2D eigenvalue weighted by atomic mass is 10.0. The van der Waals surface area contributed by atoms with Gasteiger partial charge in [-0.1, -0.05) is 83.9 Å². The number of anilines is 3. The van der Waals surface area contributed by atoms with E-state index in [9.17, 15) is 9.90 Å². The summed E-state index contributed by atoms with van der Waals surface area (Å²) in [6.07, 6.45) is 3.29. The number of hydrogen-bond donors (Lipinski definition) is 1. The number of benzene rings is 5. The molecule has 0 aromatic heterocycles. The number of phenols is 1. The third-order valence-electron chi connectivity index (χ3n) is 6.33. The van der Waals surface area contributed by atoms with Crippen LogP contribution < -0.4 is 4.90 Å². The zero-order chi connectivity index (χ0) is 25.1. The minimum Gasteiger partial charge on any atom is -0.507 e. The van der Waals surface area contributed by atoms with Crippen LogP contribution in [0.25, 0.3) is 16.8 Å².